The van der Waals surface area contributed by atoms with Crippen LogP contribution in [0.15, 0.2) is 0 Å². The van der Waals surface area contributed by atoms with Gasteiger partial charge in [-0.1, -0.05) is 0 Å². The van der Waals surface area contributed by atoms with E-state index < -0.39 is 6.04 Å². The van der Waals surface area contributed by atoms with Crippen LogP contribution in [0.2, 0.25) is 0 Å². The number of nitrogens with one attached hydrogen (secondary N) is 1. The summed E-state index contributed by atoms with van der Waals surface area (Å²) in [6, 6.07) is -0.442. The Bertz CT molecular complexity index is 158. The highest BCUT2D eigenvalue weighted by Gasteiger charge is 2.14. The molecule has 0 saturated carbocycles. The molecular weight excluding hydrogens is 168 g/mol. The monoisotopic (exact) mass is 188 g/mol. The van der Waals surface area contributed by atoms with Crippen LogP contribution in [0.3, 0.4) is 0 Å². The molecule has 1 amide bonds. The first-order valence-electron chi connectivity index (χ1n) is 4.61. The fourth-order valence-electron chi connectivity index (χ4n) is 0.763. The van der Waals surface area contributed by atoms with Crippen molar-refractivity contribution in [3.05, 3.63) is 0 Å². The van der Waals surface area contributed by atoms with Crippen LogP contribution in [0.5, 0.6) is 0 Å². The zero-order valence-corrected chi connectivity index (χ0v) is 8.83. The number of rotatable bonds is 5. The Balaban J connectivity index is 3.69. The lowest BCUT2D eigenvalue weighted by Crippen LogP contribution is -2.46. The van der Waals surface area contributed by atoms with Crippen molar-refractivity contribution in [2.75, 3.05) is 6.61 Å². The third-order valence-electron chi connectivity index (χ3n) is 1.38. The van der Waals surface area contributed by atoms with Crippen LogP contribution >= 0.6 is 0 Å². The van der Waals surface area contributed by atoms with Crippen molar-refractivity contribution < 1.29 is 9.53 Å². The number of hydrogen-bond donors (Lipinski definition) is 2. The second-order valence-electron chi connectivity index (χ2n) is 3.65. The number of amides is 1. The highest BCUT2D eigenvalue weighted by Crippen LogP contribution is 1.90. The largest absolute Gasteiger partial charge is 0.377 e. The van der Waals surface area contributed by atoms with E-state index >= 15 is 0 Å². The lowest BCUT2D eigenvalue weighted by Gasteiger charge is -2.15. The van der Waals surface area contributed by atoms with E-state index in [0.29, 0.717) is 0 Å². The maximum atomic E-state index is 11.2. The zero-order valence-electron chi connectivity index (χ0n) is 8.83. The first-order chi connectivity index (χ1) is 5.93. The molecule has 0 aliphatic heterocycles. The number of hydrogen-bond acceptors (Lipinski definition) is 3. The highest BCUT2D eigenvalue weighted by molar-refractivity contribution is 5.81. The number of ether oxygens (including phenoxy) is 1. The molecule has 0 spiro atoms. The van der Waals surface area contributed by atoms with E-state index in [4.69, 9.17) is 10.5 Å². The Morgan fingerprint density at radius 3 is 2.31 bits per heavy atom. The Labute approximate surface area is 79.8 Å². The minimum Gasteiger partial charge on any atom is -0.377 e. The lowest BCUT2D eigenvalue weighted by molar-refractivity contribution is -0.124. The van der Waals surface area contributed by atoms with Gasteiger partial charge in [0.1, 0.15) is 6.04 Å². The van der Waals surface area contributed by atoms with Crippen LogP contribution in [-0.4, -0.2) is 30.7 Å². The molecule has 4 heteroatoms. The van der Waals surface area contributed by atoms with Gasteiger partial charge in [0.05, 0.1) is 12.7 Å². The molecule has 4 nitrogen and oxygen atoms in total. The van der Waals surface area contributed by atoms with E-state index in [-0.39, 0.29) is 24.7 Å². The summed E-state index contributed by atoms with van der Waals surface area (Å²) in [5.41, 5.74) is 5.58. The summed E-state index contributed by atoms with van der Waals surface area (Å²) in [6.07, 6.45) is 0.109. The van der Waals surface area contributed by atoms with E-state index in [1.165, 1.54) is 0 Å². The van der Waals surface area contributed by atoms with Gasteiger partial charge in [-0.05, 0) is 27.7 Å². The maximum absolute atomic E-state index is 11.2. The first kappa shape index (κ1) is 12.4. The summed E-state index contributed by atoms with van der Waals surface area (Å²) in [5.74, 6) is -0.157. The Morgan fingerprint density at radius 1 is 1.38 bits per heavy atom. The molecule has 0 aliphatic rings. The quantitative estimate of drug-likeness (QED) is 0.650. The zero-order chi connectivity index (χ0) is 10.4. The Hall–Kier alpha value is -0.610. The van der Waals surface area contributed by atoms with Gasteiger partial charge in [0.25, 0.3) is 0 Å². The molecule has 3 N–H and O–H groups in total. The molecule has 13 heavy (non-hydrogen) atoms. The van der Waals surface area contributed by atoms with Gasteiger partial charge in [0.2, 0.25) is 5.91 Å². The van der Waals surface area contributed by atoms with Crippen LogP contribution in [-0.2, 0) is 9.53 Å². The van der Waals surface area contributed by atoms with Crippen molar-refractivity contribution in [1.29, 1.82) is 0 Å². The molecule has 0 aromatic rings. The molecule has 0 heterocycles. The van der Waals surface area contributed by atoms with E-state index in [1.54, 1.807) is 0 Å². The molecule has 1 atom stereocenters. The number of nitrogens with two attached hydrogens (primary N) is 1. The third kappa shape index (κ3) is 6.54. The molecule has 78 valence electrons. The fraction of sp³-hybridized carbons (Fsp3) is 0.889. The Morgan fingerprint density at radius 2 is 1.92 bits per heavy atom. The molecule has 0 rings (SSSR count). The molecule has 0 saturated heterocycles. The standard InChI is InChI=1S/C9H20N2O2/c1-6(2)11-9(12)8(10)5-13-7(3)4/h6-8H,5,10H2,1-4H3,(H,11,12)/t8-/m0/s1. The highest BCUT2D eigenvalue weighted by atomic mass is 16.5. The second kappa shape index (κ2) is 5.94. The van der Waals surface area contributed by atoms with Crippen LogP contribution in [0.25, 0.3) is 0 Å². The summed E-state index contributed by atoms with van der Waals surface area (Å²) >= 11 is 0. The van der Waals surface area contributed by atoms with E-state index in [0.717, 1.165) is 0 Å². The topological polar surface area (TPSA) is 64.4 Å². The maximum Gasteiger partial charge on any atom is 0.239 e. The van der Waals surface area contributed by atoms with Crippen molar-refractivity contribution >= 4 is 5.91 Å². The molecule has 0 aromatic heterocycles. The van der Waals surface area contributed by atoms with Gasteiger partial charge in [-0.25, -0.2) is 0 Å². The summed E-state index contributed by atoms with van der Waals surface area (Å²) in [5, 5.41) is 2.72. The van der Waals surface area contributed by atoms with Gasteiger partial charge < -0.3 is 15.8 Å². The third-order valence-corrected chi connectivity index (χ3v) is 1.38. The SMILES string of the molecule is CC(C)NC(=O)[C@@H](N)COC(C)C. The summed E-state index contributed by atoms with van der Waals surface area (Å²) in [7, 11) is 0. The minimum absolute atomic E-state index is 0.109. The van der Waals surface area contributed by atoms with Crippen molar-refractivity contribution in [2.45, 2.75) is 45.9 Å². The summed E-state index contributed by atoms with van der Waals surface area (Å²) < 4.78 is 5.22. The van der Waals surface area contributed by atoms with Gasteiger partial charge in [-0.3, -0.25) is 4.79 Å². The number of carbonyl (C=O) groups excluding carboxylic acids is 1. The first-order valence-corrected chi connectivity index (χ1v) is 4.61. The van der Waals surface area contributed by atoms with Crippen LogP contribution in [0.4, 0.5) is 0 Å². The normalized spacial score (nSPS) is 13.5. The van der Waals surface area contributed by atoms with E-state index in [2.05, 4.69) is 5.32 Å². The van der Waals surface area contributed by atoms with E-state index in [9.17, 15) is 4.79 Å². The molecule has 0 fully saturated rings. The molecule has 0 bridgehead atoms. The average Bonchev–Trinajstić information content (AvgIpc) is 1.98. The van der Waals surface area contributed by atoms with Crippen LogP contribution in [0.1, 0.15) is 27.7 Å². The van der Waals surface area contributed by atoms with Gasteiger partial charge in [0.15, 0.2) is 0 Å². The minimum atomic E-state index is -0.565. The second-order valence-corrected chi connectivity index (χ2v) is 3.65. The van der Waals surface area contributed by atoms with Gasteiger partial charge in [0, 0.05) is 6.04 Å². The van der Waals surface area contributed by atoms with Gasteiger partial charge in [-0.15, -0.1) is 0 Å². The lowest BCUT2D eigenvalue weighted by atomic mass is 10.3. The van der Waals surface area contributed by atoms with Crippen LogP contribution < -0.4 is 11.1 Å². The van der Waals surface area contributed by atoms with Gasteiger partial charge >= 0.3 is 0 Å². The van der Waals surface area contributed by atoms with Gasteiger partial charge in [-0.2, -0.15) is 0 Å². The Kier molecular flexibility index (Phi) is 5.66. The predicted octanol–water partition coefficient (Wildman–Crippen LogP) is 0.263. The van der Waals surface area contributed by atoms with Crippen molar-refractivity contribution in [1.82, 2.24) is 5.32 Å². The molecular formula is C9H20N2O2. The smallest absolute Gasteiger partial charge is 0.239 e. The molecule has 0 unspecified atom stereocenters. The molecule has 0 aliphatic carbocycles. The van der Waals surface area contributed by atoms with Crippen LogP contribution in [0, 0.1) is 0 Å². The summed E-state index contributed by atoms with van der Waals surface area (Å²) in [4.78, 5) is 11.2. The number of carbonyl (C=O) groups is 1. The average molecular weight is 188 g/mol. The van der Waals surface area contributed by atoms with Crippen molar-refractivity contribution in [3.8, 4) is 0 Å². The summed E-state index contributed by atoms with van der Waals surface area (Å²) in [6.45, 7) is 7.89. The predicted molar refractivity (Wildman–Crippen MR) is 52.3 cm³/mol. The fourth-order valence-corrected chi connectivity index (χ4v) is 0.763. The van der Waals surface area contributed by atoms with E-state index in [1.807, 2.05) is 27.7 Å². The van der Waals surface area contributed by atoms with Crippen molar-refractivity contribution in [3.63, 3.8) is 0 Å². The molecule has 0 aromatic carbocycles. The van der Waals surface area contributed by atoms with Crippen molar-refractivity contribution in [2.24, 2.45) is 5.73 Å². The molecule has 0 radical (unpaired) electrons.